The molecular weight excluding hydrogens is 286 g/mol. The minimum absolute atomic E-state index is 0.235. The van der Waals surface area contributed by atoms with Crippen LogP contribution in [-0.4, -0.2) is 21.8 Å². The third-order valence-electron chi connectivity index (χ3n) is 3.66. The van der Waals surface area contributed by atoms with Gasteiger partial charge in [-0.25, -0.2) is 4.99 Å². The van der Waals surface area contributed by atoms with Crippen LogP contribution >= 0.6 is 11.6 Å². The van der Waals surface area contributed by atoms with Crippen molar-refractivity contribution >= 4 is 34.4 Å². The van der Waals surface area contributed by atoms with Crippen LogP contribution in [0.3, 0.4) is 0 Å². The number of amides is 1. The Morgan fingerprint density at radius 2 is 1.95 bits per heavy atom. The fraction of sp³-hybridized carbons (Fsp3) is 0.0625. The van der Waals surface area contributed by atoms with E-state index in [-0.39, 0.29) is 5.91 Å². The van der Waals surface area contributed by atoms with Crippen molar-refractivity contribution in [3.05, 3.63) is 64.5 Å². The molecule has 0 bridgehead atoms. The first-order chi connectivity index (χ1) is 10.2. The summed E-state index contributed by atoms with van der Waals surface area (Å²) in [4.78, 5) is 16.5. The molecular formula is C16H10ClN3O. The first-order valence-electron chi connectivity index (χ1n) is 6.58. The van der Waals surface area contributed by atoms with Crippen molar-refractivity contribution in [1.29, 1.82) is 0 Å². The van der Waals surface area contributed by atoms with Crippen molar-refractivity contribution in [2.75, 3.05) is 0 Å². The van der Waals surface area contributed by atoms with Gasteiger partial charge in [0, 0.05) is 27.9 Å². The summed E-state index contributed by atoms with van der Waals surface area (Å²) in [5, 5.41) is 7.50. The van der Waals surface area contributed by atoms with Crippen LogP contribution in [0.1, 0.15) is 28.0 Å². The molecule has 1 aromatic heterocycles. The molecule has 0 radical (unpaired) electrons. The molecule has 4 nitrogen and oxygen atoms in total. The fourth-order valence-electron chi connectivity index (χ4n) is 2.72. The minimum atomic E-state index is -0.235. The third kappa shape index (κ3) is 1.87. The van der Waals surface area contributed by atoms with Gasteiger partial charge in [-0.2, -0.15) is 5.10 Å². The third-order valence-corrected chi connectivity index (χ3v) is 3.90. The van der Waals surface area contributed by atoms with E-state index in [1.807, 2.05) is 18.2 Å². The van der Waals surface area contributed by atoms with E-state index in [1.54, 1.807) is 18.3 Å². The lowest BCUT2D eigenvalue weighted by Crippen LogP contribution is -2.19. The maximum atomic E-state index is 12.3. The average Bonchev–Trinajstić information content (AvgIpc) is 3.01. The summed E-state index contributed by atoms with van der Waals surface area (Å²) in [5.41, 5.74) is 4.86. The molecule has 0 unspecified atom stereocenters. The summed E-state index contributed by atoms with van der Waals surface area (Å²) < 4.78 is 0. The van der Waals surface area contributed by atoms with Gasteiger partial charge in [0.25, 0.3) is 5.91 Å². The molecule has 1 aromatic carbocycles. The van der Waals surface area contributed by atoms with Crippen LogP contribution < -0.4 is 0 Å². The predicted octanol–water partition coefficient (Wildman–Crippen LogP) is 3.53. The van der Waals surface area contributed by atoms with Crippen LogP contribution in [0.2, 0.25) is 5.02 Å². The van der Waals surface area contributed by atoms with E-state index in [4.69, 9.17) is 11.6 Å². The number of rotatable bonds is 1. The Morgan fingerprint density at radius 1 is 1.10 bits per heavy atom. The zero-order valence-corrected chi connectivity index (χ0v) is 11.7. The molecule has 0 spiro atoms. The second-order valence-corrected chi connectivity index (χ2v) is 5.33. The zero-order valence-electron chi connectivity index (χ0n) is 10.9. The smallest absolute Gasteiger partial charge is 0.278 e. The summed E-state index contributed by atoms with van der Waals surface area (Å²) in [7, 11) is 0. The average molecular weight is 296 g/mol. The van der Waals surface area contributed by atoms with Crippen LogP contribution in [0.25, 0.3) is 11.1 Å². The predicted molar refractivity (Wildman–Crippen MR) is 82.4 cm³/mol. The Balaban J connectivity index is 1.91. The number of aliphatic imine (C=N–C) groups is 1. The van der Waals surface area contributed by atoms with Gasteiger partial charge >= 0.3 is 0 Å². The number of carbonyl (C=O) groups excluding carboxylic acids is 1. The van der Waals surface area contributed by atoms with Gasteiger partial charge < -0.3 is 0 Å². The van der Waals surface area contributed by atoms with Gasteiger partial charge in [-0.1, -0.05) is 23.8 Å². The van der Waals surface area contributed by atoms with E-state index in [0.717, 1.165) is 28.8 Å². The number of fused-ring (bicyclic) bond motifs is 3. The van der Waals surface area contributed by atoms with Crippen molar-refractivity contribution in [3.8, 4) is 0 Å². The highest BCUT2D eigenvalue weighted by Gasteiger charge is 2.28. The van der Waals surface area contributed by atoms with E-state index in [1.165, 1.54) is 0 Å². The Hall–Kier alpha value is -2.46. The first-order valence-corrected chi connectivity index (χ1v) is 6.95. The molecule has 0 saturated carbocycles. The summed E-state index contributed by atoms with van der Waals surface area (Å²) in [6.07, 6.45) is 6.58. The van der Waals surface area contributed by atoms with Crippen LogP contribution in [0.5, 0.6) is 0 Å². The lowest BCUT2D eigenvalue weighted by Gasteiger charge is -2.23. The van der Waals surface area contributed by atoms with Crippen molar-refractivity contribution < 1.29 is 4.79 Å². The van der Waals surface area contributed by atoms with Crippen LogP contribution in [0, 0.1) is 0 Å². The molecule has 2 heterocycles. The molecule has 5 heteroatoms. The van der Waals surface area contributed by atoms with E-state index in [9.17, 15) is 4.79 Å². The number of H-pyrrole nitrogens is 1. The van der Waals surface area contributed by atoms with E-state index < -0.39 is 0 Å². The Kier molecular flexibility index (Phi) is 2.65. The molecule has 1 N–H and O–H groups in total. The zero-order chi connectivity index (χ0) is 14.4. The summed E-state index contributed by atoms with van der Waals surface area (Å²) >= 11 is 6.08. The highest BCUT2D eigenvalue weighted by molar-refractivity contribution is 6.49. The summed E-state index contributed by atoms with van der Waals surface area (Å²) in [6.45, 7) is 0. The first kappa shape index (κ1) is 12.3. The van der Waals surface area contributed by atoms with Gasteiger partial charge in [0.2, 0.25) is 0 Å². The minimum Gasteiger partial charge on any atom is -0.278 e. The number of hydrogen-bond donors (Lipinski definition) is 1. The maximum absolute atomic E-state index is 12.3. The standard InChI is InChI=1S/C16H10ClN3O/c17-9-4-5-11-13(8-9)10-2-1-3-12(14-6-7-18-20-14)15(10)19-16(11)21/h2-8H,1H2,(H,18,20). The molecule has 0 fully saturated rings. The molecule has 4 rings (SSSR count). The lowest BCUT2D eigenvalue weighted by atomic mass is 9.85. The normalized spacial score (nSPS) is 16.6. The quantitative estimate of drug-likeness (QED) is 0.875. The SMILES string of the molecule is O=C1N=C2C(c3ccn[nH]3)=CCC=C2c2cc(Cl)ccc21. The van der Waals surface area contributed by atoms with Crippen LogP contribution in [0.4, 0.5) is 0 Å². The molecule has 2 aliphatic rings. The van der Waals surface area contributed by atoms with Gasteiger partial charge in [-0.15, -0.1) is 0 Å². The molecule has 102 valence electrons. The van der Waals surface area contributed by atoms with Crippen molar-refractivity contribution in [2.24, 2.45) is 4.99 Å². The number of halogens is 1. The van der Waals surface area contributed by atoms with Gasteiger partial charge in [0.05, 0.1) is 11.4 Å². The largest absolute Gasteiger partial charge is 0.278 e. The van der Waals surface area contributed by atoms with Crippen LogP contribution in [0.15, 0.2) is 47.6 Å². The molecule has 21 heavy (non-hydrogen) atoms. The molecule has 1 aliphatic carbocycles. The van der Waals surface area contributed by atoms with Gasteiger partial charge in [0.15, 0.2) is 0 Å². The molecule has 2 aromatic rings. The second-order valence-electron chi connectivity index (χ2n) is 4.90. The number of benzene rings is 1. The van der Waals surface area contributed by atoms with Gasteiger partial charge in [0.1, 0.15) is 0 Å². The van der Waals surface area contributed by atoms with Crippen molar-refractivity contribution in [2.45, 2.75) is 6.42 Å². The van der Waals surface area contributed by atoms with E-state index >= 15 is 0 Å². The lowest BCUT2D eigenvalue weighted by molar-refractivity contribution is 0.100. The second kappa shape index (κ2) is 4.53. The van der Waals surface area contributed by atoms with Gasteiger partial charge in [-0.05, 0) is 36.2 Å². The molecule has 1 amide bonds. The van der Waals surface area contributed by atoms with Crippen molar-refractivity contribution in [1.82, 2.24) is 10.2 Å². The number of nitrogens with one attached hydrogen (secondary N) is 1. The number of hydrogen-bond acceptors (Lipinski definition) is 2. The Labute approximate surface area is 125 Å². The maximum Gasteiger partial charge on any atom is 0.278 e. The summed E-state index contributed by atoms with van der Waals surface area (Å²) in [6, 6.07) is 7.14. The van der Waals surface area contributed by atoms with Gasteiger partial charge in [-0.3, -0.25) is 9.89 Å². The number of allylic oxidation sites excluding steroid dienone is 4. The van der Waals surface area contributed by atoms with E-state index in [2.05, 4.69) is 21.3 Å². The molecule has 0 atom stereocenters. The fourth-order valence-corrected chi connectivity index (χ4v) is 2.89. The molecule has 0 saturated heterocycles. The topological polar surface area (TPSA) is 58.1 Å². The molecule has 1 aliphatic heterocycles. The van der Waals surface area contributed by atoms with Crippen LogP contribution in [-0.2, 0) is 0 Å². The number of aromatic amines is 1. The number of nitrogens with zero attached hydrogens (tertiary/aromatic N) is 2. The van der Waals surface area contributed by atoms with E-state index in [0.29, 0.717) is 16.3 Å². The summed E-state index contributed by atoms with van der Waals surface area (Å²) in [5.74, 6) is -0.235. The number of carbonyl (C=O) groups is 1. The Bertz CT molecular complexity index is 844. The monoisotopic (exact) mass is 295 g/mol. The number of aromatic nitrogens is 2. The highest BCUT2D eigenvalue weighted by atomic mass is 35.5. The Morgan fingerprint density at radius 3 is 2.76 bits per heavy atom. The highest BCUT2D eigenvalue weighted by Crippen LogP contribution is 2.36. The van der Waals surface area contributed by atoms with Crippen molar-refractivity contribution in [3.63, 3.8) is 0 Å².